The Morgan fingerprint density at radius 2 is 2.10 bits per heavy atom. The van der Waals surface area contributed by atoms with Gasteiger partial charge in [0.1, 0.15) is 0 Å². The van der Waals surface area contributed by atoms with Crippen LogP contribution >= 0.6 is 0 Å². The van der Waals surface area contributed by atoms with Crippen LogP contribution in [0.25, 0.3) is 10.9 Å². The van der Waals surface area contributed by atoms with E-state index in [1.165, 1.54) is 5.56 Å². The van der Waals surface area contributed by atoms with Gasteiger partial charge in [0.15, 0.2) is 23.0 Å². The monoisotopic (exact) mass is 416 g/mol. The molecule has 2 aliphatic carbocycles. The number of pyridine rings is 1. The molecule has 4 aliphatic rings. The van der Waals surface area contributed by atoms with Gasteiger partial charge in [-0.05, 0) is 50.2 Å². The molecule has 6 heteroatoms. The SMILES string of the molecule is COc1ccc2c3c1OC1c4[nH]c5ccccc5c(=O)c4CC4(O)[C@@H](C2)N(C)CC[C@]314. The first-order chi connectivity index (χ1) is 15.0. The molecule has 31 heavy (non-hydrogen) atoms. The lowest BCUT2D eigenvalue weighted by Gasteiger charge is -2.62. The summed E-state index contributed by atoms with van der Waals surface area (Å²) in [5.74, 6) is 1.42. The molecule has 1 spiro atoms. The Morgan fingerprint density at radius 3 is 2.94 bits per heavy atom. The largest absolute Gasteiger partial charge is 0.493 e. The number of benzene rings is 2. The molecule has 2 N–H and O–H groups in total. The second-order valence-electron chi connectivity index (χ2n) is 9.54. The number of hydrogen-bond acceptors (Lipinski definition) is 5. The Morgan fingerprint density at radius 1 is 1.26 bits per heavy atom. The number of aliphatic hydroxyl groups is 1. The highest BCUT2D eigenvalue weighted by molar-refractivity contribution is 5.80. The van der Waals surface area contributed by atoms with E-state index >= 15 is 0 Å². The summed E-state index contributed by atoms with van der Waals surface area (Å²) >= 11 is 0. The van der Waals surface area contributed by atoms with Crippen LogP contribution in [0.15, 0.2) is 41.2 Å². The van der Waals surface area contributed by atoms with Crippen molar-refractivity contribution >= 4 is 10.9 Å². The third-order valence-corrected chi connectivity index (χ3v) is 8.43. The molecule has 4 atom stereocenters. The minimum absolute atomic E-state index is 0.00864. The first kappa shape index (κ1) is 17.8. The number of hydrogen-bond donors (Lipinski definition) is 2. The number of piperidine rings is 1. The Balaban J connectivity index is 1.61. The normalized spacial score (nSPS) is 32.4. The van der Waals surface area contributed by atoms with Gasteiger partial charge < -0.3 is 24.5 Å². The minimum atomic E-state index is -1.09. The third-order valence-electron chi connectivity index (χ3n) is 8.43. The van der Waals surface area contributed by atoms with Crippen LogP contribution < -0.4 is 14.9 Å². The molecule has 1 fully saturated rings. The smallest absolute Gasteiger partial charge is 0.193 e. The fourth-order valence-electron chi connectivity index (χ4n) is 7.06. The molecule has 0 saturated carbocycles. The molecule has 3 aromatic rings. The predicted octanol–water partition coefficient (Wildman–Crippen LogP) is 2.46. The molecule has 6 nitrogen and oxygen atoms in total. The van der Waals surface area contributed by atoms with Crippen LogP contribution in [0.5, 0.6) is 11.5 Å². The van der Waals surface area contributed by atoms with Gasteiger partial charge in [0.05, 0.1) is 23.8 Å². The quantitative estimate of drug-likeness (QED) is 0.638. The zero-order chi connectivity index (χ0) is 21.1. The number of aromatic nitrogens is 1. The van der Waals surface area contributed by atoms with E-state index in [1.54, 1.807) is 7.11 Å². The molecule has 2 unspecified atom stereocenters. The fraction of sp³-hybridized carbons (Fsp3) is 0.400. The number of rotatable bonds is 1. The van der Waals surface area contributed by atoms with Crippen LogP contribution in [0, 0.1) is 0 Å². The molecule has 1 saturated heterocycles. The van der Waals surface area contributed by atoms with Crippen LogP contribution in [-0.4, -0.2) is 47.3 Å². The number of para-hydroxylation sites is 1. The van der Waals surface area contributed by atoms with Crippen LogP contribution in [0.4, 0.5) is 0 Å². The number of likely N-dealkylation sites (N-methyl/N-ethyl adjacent to an activating group) is 1. The highest BCUT2D eigenvalue weighted by Crippen LogP contribution is 2.68. The number of methoxy groups -OCH3 is 1. The maximum atomic E-state index is 13.6. The molecule has 1 aromatic heterocycles. The molecule has 0 radical (unpaired) electrons. The van der Waals surface area contributed by atoms with E-state index in [0.717, 1.165) is 41.9 Å². The number of likely N-dealkylation sites (tertiary alicyclic amines) is 1. The predicted molar refractivity (Wildman–Crippen MR) is 116 cm³/mol. The van der Waals surface area contributed by atoms with Crippen molar-refractivity contribution in [1.82, 2.24) is 9.88 Å². The first-order valence-electron chi connectivity index (χ1n) is 10.9. The van der Waals surface area contributed by atoms with Crippen molar-refractivity contribution in [3.63, 3.8) is 0 Å². The molecule has 7 rings (SSSR count). The van der Waals surface area contributed by atoms with E-state index < -0.39 is 17.1 Å². The Labute approximate surface area is 179 Å². The standard InChI is InChI=1S/C25H24N2O4/c1-27-10-9-24-19-13-7-8-17(30-2)22(19)31-23(24)20-15(12-25(24,29)18(27)11-13)21(28)14-5-3-4-6-16(14)26-20/h3-8,18,23,29H,9-12H2,1-2H3,(H,26,28)/t18-,23?,24+,25?/m1/s1. The average molecular weight is 416 g/mol. The summed E-state index contributed by atoms with van der Waals surface area (Å²) in [5.41, 5.74) is 2.87. The molecule has 2 bridgehead atoms. The van der Waals surface area contributed by atoms with Gasteiger partial charge in [-0.25, -0.2) is 0 Å². The van der Waals surface area contributed by atoms with Crippen molar-refractivity contribution in [2.45, 2.75) is 42.4 Å². The molecule has 0 amide bonds. The number of nitrogens with zero attached hydrogens (tertiary/aromatic N) is 1. The number of fused-ring (bicyclic) bond motifs is 3. The van der Waals surface area contributed by atoms with Crippen LogP contribution in [-0.2, 0) is 18.3 Å². The van der Waals surface area contributed by atoms with Crippen LogP contribution in [0.1, 0.15) is 34.9 Å². The van der Waals surface area contributed by atoms with Crippen LogP contribution in [0.3, 0.4) is 0 Å². The number of nitrogens with one attached hydrogen (secondary N) is 1. The first-order valence-corrected chi connectivity index (χ1v) is 10.9. The van der Waals surface area contributed by atoms with E-state index in [9.17, 15) is 9.90 Å². The van der Waals surface area contributed by atoms with Crippen molar-refractivity contribution in [3.05, 3.63) is 69.0 Å². The molecular formula is C25H24N2O4. The highest BCUT2D eigenvalue weighted by atomic mass is 16.5. The Bertz CT molecular complexity index is 1350. The molecule has 158 valence electrons. The van der Waals surface area contributed by atoms with E-state index in [2.05, 4.69) is 23.0 Å². The summed E-state index contributed by atoms with van der Waals surface area (Å²) in [6.45, 7) is 0.871. The second-order valence-corrected chi connectivity index (χ2v) is 9.54. The topological polar surface area (TPSA) is 74.8 Å². The zero-order valence-electron chi connectivity index (χ0n) is 17.6. The summed E-state index contributed by atoms with van der Waals surface area (Å²) in [4.78, 5) is 19.3. The summed E-state index contributed by atoms with van der Waals surface area (Å²) in [6.07, 6.45) is 1.38. The van der Waals surface area contributed by atoms with E-state index in [0.29, 0.717) is 23.1 Å². The van der Waals surface area contributed by atoms with Crippen molar-refractivity contribution in [2.75, 3.05) is 20.7 Å². The summed E-state index contributed by atoms with van der Waals surface area (Å²) in [5, 5.41) is 13.1. The van der Waals surface area contributed by atoms with Gasteiger partial charge >= 0.3 is 0 Å². The van der Waals surface area contributed by atoms with Gasteiger partial charge in [0.25, 0.3) is 0 Å². The van der Waals surface area contributed by atoms with Gasteiger partial charge in [-0.1, -0.05) is 18.2 Å². The minimum Gasteiger partial charge on any atom is -0.493 e. The lowest BCUT2D eigenvalue weighted by Crippen LogP contribution is -2.74. The van der Waals surface area contributed by atoms with Crippen molar-refractivity contribution in [3.8, 4) is 11.5 Å². The van der Waals surface area contributed by atoms with Gasteiger partial charge in [-0.3, -0.25) is 4.79 Å². The molecule has 2 aromatic carbocycles. The highest BCUT2D eigenvalue weighted by Gasteiger charge is 2.72. The zero-order valence-corrected chi connectivity index (χ0v) is 17.6. The summed E-state index contributed by atoms with van der Waals surface area (Å²) in [7, 11) is 3.73. The third kappa shape index (κ3) is 1.82. The molecule has 3 heterocycles. The molecular weight excluding hydrogens is 392 g/mol. The number of aromatic amines is 1. The maximum Gasteiger partial charge on any atom is 0.193 e. The van der Waals surface area contributed by atoms with Gasteiger partial charge in [-0.15, -0.1) is 0 Å². The van der Waals surface area contributed by atoms with Crippen molar-refractivity contribution in [2.24, 2.45) is 0 Å². The van der Waals surface area contributed by atoms with E-state index in [-0.39, 0.29) is 11.5 Å². The van der Waals surface area contributed by atoms with Gasteiger partial charge in [-0.2, -0.15) is 0 Å². The number of ether oxygens (including phenoxy) is 2. The van der Waals surface area contributed by atoms with Crippen LogP contribution in [0.2, 0.25) is 0 Å². The van der Waals surface area contributed by atoms with Crippen molar-refractivity contribution in [1.29, 1.82) is 0 Å². The summed E-state index contributed by atoms with van der Waals surface area (Å²) < 4.78 is 12.3. The lowest BCUT2D eigenvalue weighted by molar-refractivity contribution is -0.168. The van der Waals surface area contributed by atoms with E-state index in [4.69, 9.17) is 9.47 Å². The second kappa shape index (κ2) is 5.50. The maximum absolute atomic E-state index is 13.6. The van der Waals surface area contributed by atoms with E-state index in [1.807, 2.05) is 30.3 Å². The molecule has 2 aliphatic heterocycles. The Kier molecular flexibility index (Phi) is 3.16. The number of H-pyrrole nitrogens is 1. The Hall–Kier alpha value is -2.83. The fourth-order valence-corrected chi connectivity index (χ4v) is 7.06. The van der Waals surface area contributed by atoms with Gasteiger partial charge in [0, 0.05) is 34.5 Å². The van der Waals surface area contributed by atoms with Crippen molar-refractivity contribution < 1.29 is 14.6 Å². The average Bonchev–Trinajstić information content (AvgIpc) is 3.13. The lowest BCUT2D eigenvalue weighted by atomic mass is 9.49. The van der Waals surface area contributed by atoms with Gasteiger partial charge in [0.2, 0.25) is 0 Å². The summed E-state index contributed by atoms with van der Waals surface area (Å²) in [6, 6.07) is 11.6.